The topological polar surface area (TPSA) is 121 Å². The minimum atomic E-state index is -0.517. The number of ether oxygens (including phenoxy) is 1. The zero-order valence-electron chi connectivity index (χ0n) is 20.5. The van der Waals surface area contributed by atoms with Crippen LogP contribution in [-0.2, 0) is 6.42 Å². The Balaban J connectivity index is 1.44. The van der Waals surface area contributed by atoms with E-state index in [0.717, 1.165) is 16.5 Å². The number of aromatic amines is 1. The van der Waals surface area contributed by atoms with Crippen LogP contribution in [0.1, 0.15) is 50.5 Å². The molecular weight excluding hydrogens is 470 g/mol. The molecule has 8 nitrogen and oxygen atoms in total. The fourth-order valence-electron chi connectivity index (χ4n) is 4.58. The number of carbonyl (C=O) groups is 3. The third-order valence-corrected chi connectivity index (χ3v) is 6.35. The number of aliphatic hydroxyl groups is 1. The van der Waals surface area contributed by atoms with Gasteiger partial charge in [0.05, 0.1) is 35.4 Å². The maximum Gasteiger partial charge on any atom is 0.258 e. The highest BCUT2D eigenvalue weighted by atomic mass is 16.5. The number of H-pyrrole nitrogens is 1. The molecule has 1 aliphatic heterocycles. The summed E-state index contributed by atoms with van der Waals surface area (Å²) in [4.78, 5) is 40.7. The molecule has 188 valence electrons. The van der Waals surface area contributed by atoms with Crippen molar-refractivity contribution in [1.82, 2.24) is 15.6 Å². The molecule has 1 aromatic heterocycles. The molecule has 0 unspecified atom stereocenters. The number of aromatic nitrogens is 1. The van der Waals surface area contributed by atoms with E-state index >= 15 is 0 Å². The Hall–Kier alpha value is -4.43. The van der Waals surface area contributed by atoms with Crippen LogP contribution >= 0.6 is 0 Å². The Kier molecular flexibility index (Phi) is 6.50. The Labute approximate surface area is 213 Å². The van der Waals surface area contributed by atoms with Gasteiger partial charge < -0.3 is 20.1 Å². The van der Waals surface area contributed by atoms with Crippen molar-refractivity contribution in [3.05, 3.63) is 89.1 Å². The van der Waals surface area contributed by atoms with Gasteiger partial charge in [0.2, 0.25) is 0 Å². The van der Waals surface area contributed by atoms with Crippen LogP contribution in [0.15, 0.2) is 66.9 Å². The first-order valence-electron chi connectivity index (χ1n) is 12.1. The first kappa shape index (κ1) is 24.3. The molecule has 0 spiro atoms. The van der Waals surface area contributed by atoms with Crippen molar-refractivity contribution in [3.8, 4) is 16.9 Å². The molecule has 8 heteroatoms. The third-order valence-electron chi connectivity index (χ3n) is 6.35. The van der Waals surface area contributed by atoms with Crippen molar-refractivity contribution in [2.24, 2.45) is 0 Å². The number of nitrogens with one attached hydrogen (secondary N) is 3. The predicted molar refractivity (Wildman–Crippen MR) is 140 cm³/mol. The molecule has 0 radical (unpaired) electrons. The first-order valence-corrected chi connectivity index (χ1v) is 12.1. The molecule has 4 N–H and O–H groups in total. The van der Waals surface area contributed by atoms with Crippen LogP contribution in [0.4, 0.5) is 0 Å². The number of imide groups is 1. The van der Waals surface area contributed by atoms with Gasteiger partial charge in [-0.1, -0.05) is 30.3 Å². The van der Waals surface area contributed by atoms with Crippen LogP contribution in [0, 0.1) is 0 Å². The van der Waals surface area contributed by atoms with Gasteiger partial charge >= 0.3 is 0 Å². The standard InChI is InChI=1S/C29H27N3O5/c1-16(2)37-26-10-8-18(17-7-9-22-23(12-17)28(35)32-27(22)34)13-24(26)29(36)31-20(15-33)11-19-14-30-25-6-4-3-5-21(19)25/h3-10,12-14,16,20,30,33H,11,15H2,1-2H3,(H,31,36)(H,32,34,35)/t20-/m1/s1. The van der Waals surface area contributed by atoms with E-state index < -0.39 is 17.9 Å². The Morgan fingerprint density at radius 3 is 2.49 bits per heavy atom. The van der Waals surface area contributed by atoms with E-state index in [9.17, 15) is 19.5 Å². The lowest BCUT2D eigenvalue weighted by Crippen LogP contribution is -2.39. The van der Waals surface area contributed by atoms with E-state index in [2.05, 4.69) is 15.6 Å². The van der Waals surface area contributed by atoms with Gasteiger partial charge in [-0.2, -0.15) is 0 Å². The molecule has 3 amide bonds. The number of carbonyl (C=O) groups excluding carboxylic acids is 3. The lowest BCUT2D eigenvalue weighted by atomic mass is 9.98. The monoisotopic (exact) mass is 497 g/mol. The van der Waals surface area contributed by atoms with E-state index in [1.807, 2.05) is 44.3 Å². The van der Waals surface area contributed by atoms with Gasteiger partial charge in [0.25, 0.3) is 17.7 Å². The van der Waals surface area contributed by atoms with E-state index in [0.29, 0.717) is 40.0 Å². The van der Waals surface area contributed by atoms with Gasteiger partial charge in [-0.25, -0.2) is 0 Å². The molecule has 2 heterocycles. The van der Waals surface area contributed by atoms with Gasteiger partial charge in [0, 0.05) is 17.1 Å². The molecule has 0 aliphatic carbocycles. The second-order valence-corrected chi connectivity index (χ2v) is 9.34. The molecule has 4 aromatic rings. The van der Waals surface area contributed by atoms with E-state index in [1.54, 1.807) is 36.4 Å². The molecule has 0 fully saturated rings. The van der Waals surface area contributed by atoms with Gasteiger partial charge in [-0.3, -0.25) is 19.7 Å². The number of rotatable bonds is 8. The molecule has 0 saturated carbocycles. The average Bonchev–Trinajstić information content (AvgIpc) is 3.43. The van der Waals surface area contributed by atoms with Gasteiger partial charge in [0.1, 0.15) is 5.75 Å². The highest BCUT2D eigenvalue weighted by Crippen LogP contribution is 2.30. The molecule has 37 heavy (non-hydrogen) atoms. The number of aliphatic hydroxyl groups excluding tert-OH is 1. The van der Waals surface area contributed by atoms with Crippen LogP contribution in [0.5, 0.6) is 5.75 Å². The highest BCUT2D eigenvalue weighted by Gasteiger charge is 2.27. The van der Waals surface area contributed by atoms with Gasteiger partial charge in [0.15, 0.2) is 0 Å². The minimum absolute atomic E-state index is 0.160. The summed E-state index contributed by atoms with van der Waals surface area (Å²) >= 11 is 0. The van der Waals surface area contributed by atoms with Crippen LogP contribution in [0.3, 0.4) is 0 Å². The summed E-state index contributed by atoms with van der Waals surface area (Å²) in [5, 5.41) is 16.3. The number of hydrogen-bond acceptors (Lipinski definition) is 5. The molecule has 0 bridgehead atoms. The molecule has 1 aliphatic rings. The fourth-order valence-corrected chi connectivity index (χ4v) is 4.58. The summed E-state index contributed by atoms with van der Waals surface area (Å²) < 4.78 is 5.90. The maximum atomic E-state index is 13.5. The summed E-state index contributed by atoms with van der Waals surface area (Å²) in [6.45, 7) is 3.51. The minimum Gasteiger partial charge on any atom is -0.490 e. The van der Waals surface area contributed by atoms with Crippen molar-refractivity contribution < 1.29 is 24.2 Å². The Bertz CT molecular complexity index is 1520. The predicted octanol–water partition coefficient (Wildman–Crippen LogP) is 3.84. The van der Waals surface area contributed by atoms with Crippen molar-refractivity contribution in [1.29, 1.82) is 0 Å². The van der Waals surface area contributed by atoms with E-state index in [4.69, 9.17) is 4.74 Å². The fraction of sp³-hybridized carbons (Fsp3) is 0.207. The smallest absolute Gasteiger partial charge is 0.258 e. The second-order valence-electron chi connectivity index (χ2n) is 9.34. The number of amides is 3. The normalized spacial score (nSPS) is 13.5. The van der Waals surface area contributed by atoms with Crippen LogP contribution in [-0.4, -0.2) is 46.6 Å². The van der Waals surface area contributed by atoms with Crippen LogP contribution < -0.4 is 15.4 Å². The Morgan fingerprint density at radius 1 is 0.973 bits per heavy atom. The quantitative estimate of drug-likeness (QED) is 0.276. The van der Waals surface area contributed by atoms with Crippen LogP contribution in [0.25, 0.3) is 22.0 Å². The third kappa shape index (κ3) is 4.83. The molecule has 5 rings (SSSR count). The largest absolute Gasteiger partial charge is 0.490 e. The van der Waals surface area contributed by atoms with Crippen LogP contribution in [0.2, 0.25) is 0 Å². The van der Waals surface area contributed by atoms with Crippen molar-refractivity contribution in [3.63, 3.8) is 0 Å². The summed E-state index contributed by atoms with van der Waals surface area (Å²) in [5.41, 5.74) is 4.30. The molecular formula is C29H27N3O5. The second kappa shape index (κ2) is 9.91. The van der Waals surface area contributed by atoms with Crippen molar-refractivity contribution in [2.75, 3.05) is 6.61 Å². The number of para-hydroxylation sites is 1. The zero-order valence-corrected chi connectivity index (χ0v) is 20.5. The van der Waals surface area contributed by atoms with Gasteiger partial charge in [-0.15, -0.1) is 0 Å². The maximum absolute atomic E-state index is 13.5. The molecule has 1 atom stereocenters. The average molecular weight is 498 g/mol. The van der Waals surface area contributed by atoms with Crippen molar-refractivity contribution >= 4 is 28.6 Å². The summed E-state index contributed by atoms with van der Waals surface area (Å²) in [7, 11) is 0. The number of benzene rings is 3. The SMILES string of the molecule is CC(C)Oc1ccc(-c2ccc3c(c2)C(=O)NC3=O)cc1C(=O)N[C@@H](CO)Cc1c[nH]c2ccccc12. The van der Waals surface area contributed by atoms with E-state index in [1.165, 1.54) is 0 Å². The molecule has 0 saturated heterocycles. The number of hydrogen-bond donors (Lipinski definition) is 4. The molecule has 3 aromatic carbocycles. The summed E-state index contributed by atoms with van der Waals surface area (Å²) in [6, 6.07) is 17.6. The van der Waals surface area contributed by atoms with Gasteiger partial charge in [-0.05, 0) is 67.3 Å². The lowest BCUT2D eigenvalue weighted by Gasteiger charge is -2.19. The van der Waals surface area contributed by atoms with E-state index in [-0.39, 0.29) is 18.6 Å². The first-order chi connectivity index (χ1) is 17.8. The highest BCUT2D eigenvalue weighted by molar-refractivity contribution is 6.21. The summed E-state index contributed by atoms with van der Waals surface area (Å²) in [6.07, 6.45) is 2.18. The van der Waals surface area contributed by atoms with Crippen molar-refractivity contribution in [2.45, 2.75) is 32.4 Å². The zero-order chi connectivity index (χ0) is 26.1. The lowest BCUT2D eigenvalue weighted by molar-refractivity contribution is 0.0875. The Morgan fingerprint density at radius 2 is 1.70 bits per heavy atom. The summed E-state index contributed by atoms with van der Waals surface area (Å²) in [5.74, 6) is -0.834. The number of fused-ring (bicyclic) bond motifs is 2.